The van der Waals surface area contributed by atoms with Gasteiger partial charge in [-0.1, -0.05) is 36.4 Å². The van der Waals surface area contributed by atoms with Gasteiger partial charge in [0.25, 0.3) is 31.7 Å². The van der Waals surface area contributed by atoms with Crippen molar-refractivity contribution in [2.75, 3.05) is 56.2 Å². The molecule has 88 heavy (non-hydrogen) atoms. The molecule has 4 aliphatic rings. The van der Waals surface area contributed by atoms with Gasteiger partial charge in [-0.2, -0.15) is 25.5 Å². The summed E-state index contributed by atoms with van der Waals surface area (Å²) in [6.07, 6.45) is -0.411. The summed E-state index contributed by atoms with van der Waals surface area (Å²) in [5.41, 5.74) is -0.0747. The van der Waals surface area contributed by atoms with E-state index in [2.05, 4.69) is 27.9 Å². The molecule has 10 N–H and O–H groups in total. The summed E-state index contributed by atoms with van der Waals surface area (Å²) >= 11 is 0. The first kappa shape index (κ1) is 67.8. The Labute approximate surface area is 503 Å². The number of amides is 2. The average Bonchev–Trinajstić information content (AvgIpc) is 0.840. The van der Waals surface area contributed by atoms with Crippen molar-refractivity contribution in [1.29, 1.82) is 0 Å². The normalized spacial score (nSPS) is 21.0. The number of fused-ring (bicyclic) bond motifs is 4. The fraction of sp³-hybridized carbons (Fsp3) is 0.415. The number of phosphoric acid groups is 3. The molecule has 0 saturated carbocycles. The van der Waals surface area contributed by atoms with Gasteiger partial charge in [0.05, 0.1) is 29.3 Å². The number of aliphatic hydroxyl groups is 2. The third-order valence-electron chi connectivity index (χ3n) is 14.8. The number of aromatic amines is 1. The number of hydrogen-bond acceptors (Lipinski definition) is 19. The Morgan fingerprint density at radius 1 is 0.852 bits per heavy atom. The number of H-pyrrole nitrogens is 1. The van der Waals surface area contributed by atoms with Crippen LogP contribution in [0.3, 0.4) is 0 Å². The molecule has 2 amide bonds. The third-order valence-corrected chi connectivity index (χ3v) is 19.9. The van der Waals surface area contributed by atoms with Gasteiger partial charge in [-0.15, -0.1) is 0 Å². The maximum absolute atomic E-state index is 14.8. The van der Waals surface area contributed by atoms with Gasteiger partial charge in [0.2, 0.25) is 11.3 Å². The van der Waals surface area contributed by atoms with Crippen LogP contribution in [-0.4, -0.2) is 163 Å². The fourth-order valence-electron chi connectivity index (χ4n) is 11.3. The standard InChI is InChI=1S/C53H65N6O24P3S2/c1-8-58-39-22-41-37(20-35(39)31(24-52(58,3)4)28-87(73,74)75)45(38-21-36-32(29-88(76,77)78)25-53(5,6)59(9-2)40(36)23-42(38)80-41)33-15-10-11-16-34(33)49(64)56(7)19-13-17-44(60)54-18-12-14-30-26-57(51(65)55-48(30)63)50-47(62)46(61)43(81-50)27-79-85(69,70)83-86(71,72)82-84(66,67)68/h10-12,14-16,20-26,43,46-47,50,61-62H,8-9,13,17-19,27-29H2,1-7H3,(H7-,54,55,60,63,65,66,67,68,69,70,71,72,73,74,75,76,77,78)/p+1/b14-12+/t43-,46-,47-,50-/m1/s1. The largest absolute Gasteiger partial charge is 0.490 e. The first-order chi connectivity index (χ1) is 40.7. The number of ether oxygens (including phenoxy) is 2. The second-order valence-corrected chi connectivity index (χ2v) is 29.4. The van der Waals surface area contributed by atoms with Crippen LogP contribution < -0.4 is 41.4 Å². The predicted molar refractivity (Wildman–Crippen MR) is 317 cm³/mol. The highest BCUT2D eigenvalue weighted by Crippen LogP contribution is 2.66. The van der Waals surface area contributed by atoms with E-state index in [-0.39, 0.29) is 37.1 Å². The number of carbonyl (C=O) groups is 2. The second-order valence-electron chi connectivity index (χ2n) is 22.1. The van der Waals surface area contributed by atoms with Gasteiger partial charge in [0.15, 0.2) is 11.8 Å². The van der Waals surface area contributed by atoms with Crippen LogP contribution in [0.2, 0.25) is 0 Å². The van der Waals surface area contributed by atoms with Crippen LogP contribution >= 0.6 is 23.5 Å². The lowest BCUT2D eigenvalue weighted by Gasteiger charge is -2.43. The maximum Gasteiger partial charge on any atom is 0.490 e. The van der Waals surface area contributed by atoms with Gasteiger partial charge < -0.3 is 54.4 Å². The Morgan fingerprint density at radius 3 is 2.15 bits per heavy atom. The number of aromatic nitrogens is 2. The fourth-order valence-corrected chi connectivity index (χ4v) is 15.6. The zero-order valence-corrected chi connectivity index (χ0v) is 52.6. The second kappa shape index (κ2) is 25.3. The number of aliphatic hydroxyl groups excluding tert-OH is 2. The number of nitrogens with zero attached hydrogens (tertiary/aromatic N) is 4. The van der Waals surface area contributed by atoms with Crippen LogP contribution in [0.1, 0.15) is 98.8 Å². The number of benzene rings is 3. The Bertz CT molecular complexity index is 4250. The Balaban J connectivity index is 1.02. The van der Waals surface area contributed by atoms with Crippen molar-refractivity contribution in [3.05, 3.63) is 138 Å². The number of nitrogens with one attached hydrogen (secondary N) is 2. The number of anilines is 1. The van der Waals surface area contributed by atoms with Crippen LogP contribution in [0.15, 0.2) is 82.5 Å². The monoisotopic (exact) mass is 1330 g/mol. The minimum atomic E-state index is -5.89. The Hall–Kier alpha value is -6.12. The smallest absolute Gasteiger partial charge is 0.456 e. The molecule has 2 unspecified atom stereocenters. The molecule has 4 aliphatic heterocycles. The molecule has 35 heteroatoms. The van der Waals surface area contributed by atoms with Crippen molar-refractivity contribution in [3.63, 3.8) is 0 Å². The lowest BCUT2D eigenvalue weighted by Crippen LogP contribution is -2.50. The number of rotatable bonds is 23. The average molecular weight is 1330 g/mol. The van der Waals surface area contributed by atoms with Crippen LogP contribution in [-0.2, 0) is 56.6 Å². The topological polar surface area (TPSA) is 438 Å². The van der Waals surface area contributed by atoms with Gasteiger partial charge in [0.1, 0.15) is 47.9 Å². The Morgan fingerprint density at radius 2 is 1.51 bits per heavy atom. The molecular weight excluding hydrogens is 1260 g/mol. The van der Waals surface area contributed by atoms with Crippen molar-refractivity contribution in [1.82, 2.24) is 24.3 Å². The summed E-state index contributed by atoms with van der Waals surface area (Å²) < 4.78 is 132. The quantitative estimate of drug-likeness (QED) is 0.0254. The minimum Gasteiger partial charge on any atom is -0.456 e. The molecule has 6 atom stereocenters. The highest BCUT2D eigenvalue weighted by atomic mass is 32.2. The summed E-state index contributed by atoms with van der Waals surface area (Å²) in [7, 11) is -24.9. The number of likely N-dealkylation sites (N-methyl/N-ethyl adjacent to an activating group) is 2. The third kappa shape index (κ3) is 15.4. The van der Waals surface area contributed by atoms with Gasteiger partial charge in [-0.25, -0.2) is 23.1 Å². The van der Waals surface area contributed by atoms with Crippen molar-refractivity contribution >= 4 is 84.0 Å². The summed E-state index contributed by atoms with van der Waals surface area (Å²) in [5.74, 6) is -1.68. The number of phosphoric ester groups is 1. The molecule has 478 valence electrons. The molecule has 4 aromatic rings. The number of carbonyl (C=O) groups excluding carboxylic acids is 2. The van der Waals surface area contributed by atoms with E-state index in [9.17, 15) is 78.8 Å². The van der Waals surface area contributed by atoms with Crippen LogP contribution in [0.25, 0.3) is 22.8 Å². The molecule has 1 aromatic heterocycles. The van der Waals surface area contributed by atoms with Crippen LogP contribution in [0.4, 0.5) is 5.69 Å². The van der Waals surface area contributed by atoms with E-state index >= 15 is 0 Å². The van der Waals surface area contributed by atoms with Gasteiger partial charge in [0, 0.05) is 92.4 Å². The Kier molecular flexibility index (Phi) is 19.5. The molecular formula is C53H66N6O24P3S2+. The predicted octanol–water partition coefficient (Wildman–Crippen LogP) is 2.00. The lowest BCUT2D eigenvalue weighted by atomic mass is 9.83. The molecule has 5 heterocycles. The first-order valence-electron chi connectivity index (χ1n) is 27.0. The zero-order valence-electron chi connectivity index (χ0n) is 48.2. The maximum atomic E-state index is 14.8. The summed E-state index contributed by atoms with van der Waals surface area (Å²) in [6, 6.07) is 13.8. The molecule has 3 aromatic carbocycles. The van der Waals surface area contributed by atoms with Gasteiger partial charge >= 0.3 is 29.2 Å². The molecule has 0 aliphatic carbocycles. The van der Waals surface area contributed by atoms with E-state index < -0.39 is 120 Å². The van der Waals surface area contributed by atoms with E-state index in [1.807, 2.05) is 46.5 Å². The highest BCUT2D eigenvalue weighted by molar-refractivity contribution is 7.86. The molecule has 1 fully saturated rings. The number of hydrogen-bond donors (Lipinski definition) is 10. The SMILES string of the molecule is CCN1c2cc3c(cc2C(CS(=O)(=O)O)=CC1(C)C)C(c1ccccc1C(=O)N(C)CCCC(=O)NC/C=C/c1cn([C@@H]2O[C@H](COP(=O)(O)OP(=O)(O)OP(=O)(O)O)[C@@H](O)[C@H]2O)c(=O)[nH]c1=O)=c1cc2c(cc1O3)=[N+](CC)C(C)(C)C=C2CS(=O)(=O)O. The first-order valence-corrected chi connectivity index (χ1v) is 34.7. The molecule has 0 bridgehead atoms. The van der Waals surface area contributed by atoms with Crippen molar-refractivity contribution in [3.8, 4) is 11.5 Å². The van der Waals surface area contributed by atoms with Crippen LogP contribution in [0.5, 0.6) is 11.5 Å². The van der Waals surface area contributed by atoms with Crippen molar-refractivity contribution < 1.29 is 102 Å². The molecule has 0 radical (unpaired) electrons. The molecule has 30 nitrogen and oxygen atoms in total. The van der Waals surface area contributed by atoms with Gasteiger partial charge in [-0.05, 0) is 75.1 Å². The lowest BCUT2D eigenvalue weighted by molar-refractivity contribution is -0.121. The molecule has 1 saturated heterocycles. The highest BCUT2D eigenvalue weighted by Gasteiger charge is 2.47. The van der Waals surface area contributed by atoms with Crippen molar-refractivity contribution in [2.45, 2.75) is 90.0 Å². The summed E-state index contributed by atoms with van der Waals surface area (Å²) in [6.45, 7) is 11.2. The van der Waals surface area contributed by atoms with Crippen LogP contribution in [0, 0.1) is 0 Å². The van der Waals surface area contributed by atoms with E-state index in [0.29, 0.717) is 84.4 Å². The van der Waals surface area contributed by atoms with Crippen molar-refractivity contribution in [2.24, 2.45) is 0 Å². The summed E-state index contributed by atoms with van der Waals surface area (Å²) in [4.78, 5) is 95.7. The zero-order chi connectivity index (χ0) is 65.0. The van der Waals surface area contributed by atoms with E-state index in [4.69, 9.17) is 19.3 Å². The van der Waals surface area contributed by atoms with Gasteiger partial charge in [-0.3, -0.25) is 37.6 Å². The molecule has 0 spiro atoms. The van der Waals surface area contributed by atoms with E-state index in [1.54, 1.807) is 67.7 Å². The van der Waals surface area contributed by atoms with E-state index in [1.165, 1.54) is 17.1 Å². The summed E-state index contributed by atoms with van der Waals surface area (Å²) in [5, 5.41) is 25.0. The minimum absolute atomic E-state index is 0.0573. The van der Waals surface area contributed by atoms with E-state index in [0.717, 1.165) is 6.20 Å². The molecule has 8 rings (SSSR count).